The van der Waals surface area contributed by atoms with Crippen LogP contribution in [-0.2, 0) is 10.3 Å². The van der Waals surface area contributed by atoms with Crippen molar-refractivity contribution in [2.24, 2.45) is 5.73 Å². The summed E-state index contributed by atoms with van der Waals surface area (Å²) in [6, 6.07) is 5.30. The molecule has 1 fully saturated rings. The summed E-state index contributed by atoms with van der Waals surface area (Å²) in [6.45, 7) is 3.18. The summed E-state index contributed by atoms with van der Waals surface area (Å²) >= 11 is 0. The molecule has 0 aromatic heterocycles. The van der Waals surface area contributed by atoms with Gasteiger partial charge in [-0.05, 0) is 43.4 Å². The van der Waals surface area contributed by atoms with Crippen molar-refractivity contribution in [3.63, 3.8) is 0 Å². The molecular weight excluding hydrogens is 205 g/mol. The van der Waals surface area contributed by atoms with E-state index in [2.05, 4.69) is 0 Å². The fraction of sp³-hybridized carbons (Fsp3) is 0.538. The Morgan fingerprint density at radius 3 is 2.88 bits per heavy atom. The van der Waals surface area contributed by atoms with Crippen LogP contribution in [0.3, 0.4) is 0 Å². The molecule has 1 aromatic carbocycles. The molecule has 2 rings (SSSR count). The first-order valence-electron chi connectivity index (χ1n) is 5.75. The van der Waals surface area contributed by atoms with Crippen molar-refractivity contribution >= 4 is 0 Å². The average Bonchev–Trinajstić information content (AvgIpc) is 2.48. The number of ether oxygens (including phenoxy) is 1. The van der Waals surface area contributed by atoms with E-state index in [1.165, 1.54) is 0 Å². The minimum atomic E-state index is -0.426. The van der Waals surface area contributed by atoms with Crippen LogP contribution in [0.1, 0.15) is 30.4 Å². The quantitative estimate of drug-likeness (QED) is 0.794. The number of nitrogens with two attached hydrogens (primary N) is 1. The average molecular weight is 223 g/mol. The number of halogens is 1. The molecule has 0 bridgehead atoms. The van der Waals surface area contributed by atoms with Gasteiger partial charge in [0.25, 0.3) is 0 Å². The van der Waals surface area contributed by atoms with E-state index in [-0.39, 0.29) is 5.82 Å². The highest BCUT2D eigenvalue weighted by atomic mass is 19.1. The summed E-state index contributed by atoms with van der Waals surface area (Å²) in [7, 11) is 0. The third-order valence-electron chi connectivity index (χ3n) is 3.35. The zero-order chi connectivity index (χ0) is 11.6. The second-order valence-corrected chi connectivity index (χ2v) is 4.59. The van der Waals surface area contributed by atoms with Crippen molar-refractivity contribution in [3.05, 3.63) is 35.1 Å². The summed E-state index contributed by atoms with van der Waals surface area (Å²) in [5.74, 6) is -0.174. The monoisotopic (exact) mass is 223 g/mol. The molecule has 0 amide bonds. The number of rotatable bonds is 1. The van der Waals surface area contributed by atoms with Gasteiger partial charge in [-0.2, -0.15) is 0 Å². The molecule has 1 aromatic rings. The van der Waals surface area contributed by atoms with E-state index < -0.39 is 5.54 Å². The van der Waals surface area contributed by atoms with E-state index in [1.54, 1.807) is 19.1 Å². The van der Waals surface area contributed by atoms with Gasteiger partial charge in [0.2, 0.25) is 0 Å². The van der Waals surface area contributed by atoms with Crippen molar-refractivity contribution in [2.75, 3.05) is 13.2 Å². The molecular formula is C13H18FNO. The normalized spacial score (nSPS) is 26.4. The topological polar surface area (TPSA) is 35.2 Å². The fourth-order valence-corrected chi connectivity index (χ4v) is 2.16. The lowest BCUT2D eigenvalue weighted by Crippen LogP contribution is -2.37. The van der Waals surface area contributed by atoms with Crippen molar-refractivity contribution in [1.29, 1.82) is 0 Å². The van der Waals surface area contributed by atoms with E-state index in [1.807, 2.05) is 6.07 Å². The van der Waals surface area contributed by atoms with E-state index in [0.29, 0.717) is 12.2 Å². The van der Waals surface area contributed by atoms with E-state index in [4.69, 9.17) is 10.5 Å². The van der Waals surface area contributed by atoms with Gasteiger partial charge in [-0.1, -0.05) is 12.1 Å². The van der Waals surface area contributed by atoms with Crippen LogP contribution in [0, 0.1) is 12.7 Å². The van der Waals surface area contributed by atoms with Crippen LogP contribution in [0.25, 0.3) is 0 Å². The SMILES string of the molecule is Cc1ccc(C2(N)CCCOCC2)cc1F. The molecule has 0 radical (unpaired) electrons. The minimum absolute atomic E-state index is 0.174. The summed E-state index contributed by atoms with van der Waals surface area (Å²) in [5.41, 5.74) is 7.48. The summed E-state index contributed by atoms with van der Waals surface area (Å²) < 4.78 is 18.9. The fourth-order valence-electron chi connectivity index (χ4n) is 2.16. The first-order chi connectivity index (χ1) is 7.62. The molecule has 3 heteroatoms. The van der Waals surface area contributed by atoms with Crippen molar-refractivity contribution < 1.29 is 9.13 Å². The molecule has 88 valence electrons. The maximum atomic E-state index is 13.5. The first-order valence-corrected chi connectivity index (χ1v) is 5.75. The maximum Gasteiger partial charge on any atom is 0.126 e. The largest absolute Gasteiger partial charge is 0.381 e. The van der Waals surface area contributed by atoms with Crippen LogP contribution in [0.15, 0.2) is 18.2 Å². The second-order valence-electron chi connectivity index (χ2n) is 4.59. The van der Waals surface area contributed by atoms with Crippen LogP contribution >= 0.6 is 0 Å². The first kappa shape index (κ1) is 11.6. The van der Waals surface area contributed by atoms with Gasteiger partial charge >= 0.3 is 0 Å². The molecule has 0 saturated carbocycles. The number of aryl methyl sites for hydroxylation is 1. The summed E-state index contributed by atoms with van der Waals surface area (Å²) in [6.07, 6.45) is 2.55. The maximum absolute atomic E-state index is 13.5. The number of hydrogen-bond donors (Lipinski definition) is 1. The van der Waals surface area contributed by atoms with Gasteiger partial charge in [0.15, 0.2) is 0 Å². The van der Waals surface area contributed by atoms with Crippen LogP contribution < -0.4 is 5.73 Å². The lowest BCUT2D eigenvalue weighted by atomic mass is 9.84. The van der Waals surface area contributed by atoms with Crippen LogP contribution in [-0.4, -0.2) is 13.2 Å². The standard InChI is InChI=1S/C13H18FNO/c1-10-3-4-11(9-12(10)14)13(15)5-2-7-16-8-6-13/h3-4,9H,2,5-8,15H2,1H3. The highest BCUT2D eigenvalue weighted by Crippen LogP contribution is 2.30. The highest BCUT2D eigenvalue weighted by molar-refractivity contribution is 5.29. The predicted molar refractivity (Wildman–Crippen MR) is 61.7 cm³/mol. The molecule has 2 N–H and O–H groups in total. The van der Waals surface area contributed by atoms with Crippen LogP contribution in [0.2, 0.25) is 0 Å². The van der Waals surface area contributed by atoms with Gasteiger partial charge in [-0.3, -0.25) is 0 Å². The van der Waals surface area contributed by atoms with E-state index in [0.717, 1.165) is 31.4 Å². The Morgan fingerprint density at radius 1 is 1.31 bits per heavy atom. The Hall–Kier alpha value is -0.930. The third-order valence-corrected chi connectivity index (χ3v) is 3.35. The number of hydrogen-bond acceptors (Lipinski definition) is 2. The Morgan fingerprint density at radius 2 is 2.12 bits per heavy atom. The summed E-state index contributed by atoms with van der Waals surface area (Å²) in [4.78, 5) is 0. The summed E-state index contributed by atoms with van der Waals surface area (Å²) in [5, 5.41) is 0. The molecule has 1 unspecified atom stereocenters. The predicted octanol–water partition coefficient (Wildman–Crippen LogP) is 2.49. The third kappa shape index (κ3) is 2.25. The molecule has 1 atom stereocenters. The van der Waals surface area contributed by atoms with Crippen molar-refractivity contribution in [1.82, 2.24) is 0 Å². The Labute approximate surface area is 95.6 Å². The van der Waals surface area contributed by atoms with Crippen molar-refractivity contribution in [3.8, 4) is 0 Å². The van der Waals surface area contributed by atoms with Gasteiger partial charge in [0.1, 0.15) is 5.82 Å². The van der Waals surface area contributed by atoms with Crippen LogP contribution in [0.5, 0.6) is 0 Å². The van der Waals surface area contributed by atoms with Gasteiger partial charge in [0.05, 0.1) is 0 Å². The van der Waals surface area contributed by atoms with Crippen LogP contribution in [0.4, 0.5) is 4.39 Å². The Balaban J connectivity index is 2.29. The minimum Gasteiger partial charge on any atom is -0.381 e. The molecule has 1 saturated heterocycles. The molecule has 1 aliphatic rings. The highest BCUT2D eigenvalue weighted by Gasteiger charge is 2.29. The van der Waals surface area contributed by atoms with Gasteiger partial charge in [-0.15, -0.1) is 0 Å². The second kappa shape index (κ2) is 4.52. The zero-order valence-electron chi connectivity index (χ0n) is 9.63. The molecule has 0 spiro atoms. The molecule has 16 heavy (non-hydrogen) atoms. The van der Waals surface area contributed by atoms with E-state index >= 15 is 0 Å². The van der Waals surface area contributed by atoms with Crippen molar-refractivity contribution in [2.45, 2.75) is 31.7 Å². The molecule has 1 aliphatic heterocycles. The smallest absolute Gasteiger partial charge is 0.126 e. The molecule has 0 aliphatic carbocycles. The van der Waals surface area contributed by atoms with Gasteiger partial charge in [0, 0.05) is 18.8 Å². The Bertz CT molecular complexity index is 370. The molecule has 1 heterocycles. The van der Waals surface area contributed by atoms with Gasteiger partial charge < -0.3 is 10.5 Å². The lowest BCUT2D eigenvalue weighted by molar-refractivity contribution is 0.139. The Kier molecular flexibility index (Phi) is 3.26. The lowest BCUT2D eigenvalue weighted by Gasteiger charge is -2.28. The number of benzene rings is 1. The zero-order valence-corrected chi connectivity index (χ0v) is 9.63. The molecule has 2 nitrogen and oxygen atoms in total. The van der Waals surface area contributed by atoms with Gasteiger partial charge in [-0.25, -0.2) is 4.39 Å². The van der Waals surface area contributed by atoms with E-state index in [9.17, 15) is 4.39 Å².